The molecule has 20 heavy (non-hydrogen) atoms. The molecule has 0 aromatic heterocycles. The van der Waals surface area contributed by atoms with Gasteiger partial charge in [-0.1, -0.05) is 41.5 Å². The van der Waals surface area contributed by atoms with E-state index in [1.54, 1.807) is 0 Å². The van der Waals surface area contributed by atoms with Crippen molar-refractivity contribution in [2.45, 2.75) is 48.0 Å². The number of carbonyl (C=O) groups excluding carboxylic acids is 1. The van der Waals surface area contributed by atoms with Crippen molar-refractivity contribution in [3.63, 3.8) is 0 Å². The summed E-state index contributed by atoms with van der Waals surface area (Å²) in [5.41, 5.74) is -0.256. The van der Waals surface area contributed by atoms with Gasteiger partial charge >= 0.3 is 13.8 Å². The molecule has 0 saturated carbocycles. The van der Waals surface area contributed by atoms with E-state index in [4.69, 9.17) is 14.5 Å². The number of phosphoric acid groups is 1. The third-order valence-corrected chi connectivity index (χ3v) is 3.25. The lowest BCUT2D eigenvalue weighted by atomic mass is 9.72. The molecule has 0 aliphatic carbocycles. The van der Waals surface area contributed by atoms with Crippen LogP contribution in [0, 0.1) is 16.7 Å². The second kappa shape index (κ2) is 7.03. The summed E-state index contributed by atoms with van der Waals surface area (Å²) >= 11 is 0. The summed E-state index contributed by atoms with van der Waals surface area (Å²) in [6.07, 6.45) is 0.675. The van der Waals surface area contributed by atoms with Gasteiger partial charge in [0, 0.05) is 0 Å². The first-order chi connectivity index (χ1) is 8.72. The number of phosphoric ester groups is 1. The molecule has 7 heteroatoms. The minimum absolute atomic E-state index is 0.0145. The average molecular weight is 310 g/mol. The lowest BCUT2D eigenvalue weighted by Gasteiger charge is -2.33. The van der Waals surface area contributed by atoms with E-state index >= 15 is 0 Å². The summed E-state index contributed by atoms with van der Waals surface area (Å²) in [5, 5.41) is 0. The number of esters is 1. The van der Waals surface area contributed by atoms with Crippen molar-refractivity contribution in [1.82, 2.24) is 0 Å². The molecule has 0 radical (unpaired) electrons. The van der Waals surface area contributed by atoms with Crippen molar-refractivity contribution in [2.75, 3.05) is 13.2 Å². The van der Waals surface area contributed by atoms with Crippen LogP contribution in [-0.2, 0) is 18.6 Å². The summed E-state index contributed by atoms with van der Waals surface area (Å²) in [4.78, 5) is 29.2. The highest BCUT2D eigenvalue weighted by Gasteiger charge is 2.35. The Morgan fingerprint density at radius 2 is 1.60 bits per heavy atom. The van der Waals surface area contributed by atoms with Crippen LogP contribution in [0.2, 0.25) is 0 Å². The van der Waals surface area contributed by atoms with Crippen LogP contribution in [0.1, 0.15) is 48.0 Å². The Balaban J connectivity index is 4.48. The van der Waals surface area contributed by atoms with E-state index in [1.165, 1.54) is 0 Å². The van der Waals surface area contributed by atoms with Crippen LogP contribution < -0.4 is 0 Å². The van der Waals surface area contributed by atoms with Crippen LogP contribution in [-0.4, -0.2) is 29.0 Å². The topological polar surface area (TPSA) is 93.1 Å². The molecule has 0 heterocycles. The molecule has 0 aromatic rings. The molecule has 0 saturated heterocycles. The summed E-state index contributed by atoms with van der Waals surface area (Å²) < 4.78 is 19.8. The van der Waals surface area contributed by atoms with Gasteiger partial charge in [-0.2, -0.15) is 0 Å². The largest absolute Gasteiger partial charge is 0.469 e. The zero-order valence-corrected chi connectivity index (χ0v) is 14.1. The number of hydrogen-bond donors (Lipinski definition) is 2. The molecule has 0 spiro atoms. The van der Waals surface area contributed by atoms with Gasteiger partial charge in [0.1, 0.15) is 6.61 Å². The summed E-state index contributed by atoms with van der Waals surface area (Å²) in [6.45, 7) is 11.6. The van der Waals surface area contributed by atoms with Gasteiger partial charge in [0.25, 0.3) is 0 Å². The Kier molecular flexibility index (Phi) is 6.88. The van der Waals surface area contributed by atoms with E-state index in [0.717, 1.165) is 0 Å². The number of carbonyl (C=O) groups is 1. The van der Waals surface area contributed by atoms with E-state index in [-0.39, 0.29) is 35.9 Å². The maximum atomic E-state index is 12.1. The Morgan fingerprint density at radius 3 is 1.95 bits per heavy atom. The van der Waals surface area contributed by atoms with Gasteiger partial charge < -0.3 is 14.5 Å². The standard InChI is InChI=1S/C13H27O6P/c1-12(2,3)9-10(13(4,5)6)11(14)18-7-8-19-20(15,16)17/h10H,7-9H2,1-6H3,(H2,15,16,17). The van der Waals surface area contributed by atoms with E-state index in [1.807, 2.05) is 20.8 Å². The molecule has 2 N–H and O–H groups in total. The van der Waals surface area contributed by atoms with Crippen molar-refractivity contribution in [3.8, 4) is 0 Å². The normalized spacial score (nSPS) is 15.0. The van der Waals surface area contributed by atoms with Crippen LogP contribution in [0.15, 0.2) is 0 Å². The second-order valence-electron chi connectivity index (χ2n) is 7.17. The van der Waals surface area contributed by atoms with Gasteiger partial charge in [0.05, 0.1) is 12.5 Å². The molecule has 6 nitrogen and oxygen atoms in total. The molecule has 0 bridgehead atoms. The molecule has 1 atom stereocenters. The first kappa shape index (κ1) is 19.6. The zero-order valence-electron chi connectivity index (χ0n) is 13.2. The monoisotopic (exact) mass is 310 g/mol. The van der Waals surface area contributed by atoms with Crippen LogP contribution in [0.3, 0.4) is 0 Å². The van der Waals surface area contributed by atoms with Crippen molar-refractivity contribution in [2.24, 2.45) is 16.7 Å². The van der Waals surface area contributed by atoms with E-state index in [2.05, 4.69) is 25.3 Å². The van der Waals surface area contributed by atoms with Gasteiger partial charge in [-0.05, 0) is 17.3 Å². The summed E-state index contributed by atoms with van der Waals surface area (Å²) in [5.74, 6) is -0.640. The number of hydrogen-bond acceptors (Lipinski definition) is 4. The fourth-order valence-electron chi connectivity index (χ4n) is 1.75. The fraction of sp³-hybridized carbons (Fsp3) is 0.923. The van der Waals surface area contributed by atoms with Crippen LogP contribution >= 0.6 is 7.82 Å². The third kappa shape index (κ3) is 9.48. The first-order valence-corrected chi connectivity index (χ1v) is 8.12. The molecule has 0 aliphatic heterocycles. The summed E-state index contributed by atoms with van der Waals surface area (Å²) in [7, 11) is -4.51. The Labute approximate surface area is 121 Å². The smallest absolute Gasteiger partial charge is 0.463 e. The van der Waals surface area contributed by atoms with Crippen LogP contribution in [0.5, 0.6) is 0 Å². The van der Waals surface area contributed by atoms with Crippen LogP contribution in [0.4, 0.5) is 0 Å². The molecule has 0 aromatic carbocycles. The van der Waals surface area contributed by atoms with Crippen molar-refractivity contribution < 1.29 is 28.4 Å². The van der Waals surface area contributed by atoms with Gasteiger partial charge in [0.15, 0.2) is 0 Å². The lowest BCUT2D eigenvalue weighted by molar-refractivity contribution is -0.154. The van der Waals surface area contributed by atoms with E-state index in [9.17, 15) is 9.36 Å². The van der Waals surface area contributed by atoms with Gasteiger partial charge in [-0.15, -0.1) is 0 Å². The molecule has 0 aliphatic rings. The number of ether oxygens (including phenoxy) is 1. The first-order valence-electron chi connectivity index (χ1n) is 6.59. The highest BCUT2D eigenvalue weighted by atomic mass is 31.2. The minimum Gasteiger partial charge on any atom is -0.463 e. The molecule has 120 valence electrons. The minimum atomic E-state index is -4.51. The maximum Gasteiger partial charge on any atom is 0.469 e. The van der Waals surface area contributed by atoms with Gasteiger partial charge in [0.2, 0.25) is 0 Å². The van der Waals surface area contributed by atoms with Crippen LogP contribution in [0.25, 0.3) is 0 Å². The SMILES string of the molecule is CC(C)(C)CC(C(=O)OCCOP(=O)(O)O)C(C)(C)C. The van der Waals surface area contributed by atoms with Crippen molar-refractivity contribution in [3.05, 3.63) is 0 Å². The Morgan fingerprint density at radius 1 is 1.10 bits per heavy atom. The number of rotatable bonds is 6. The molecular formula is C13H27O6P. The van der Waals surface area contributed by atoms with E-state index < -0.39 is 7.82 Å². The van der Waals surface area contributed by atoms with Gasteiger partial charge in [-0.3, -0.25) is 9.32 Å². The highest BCUT2D eigenvalue weighted by molar-refractivity contribution is 7.46. The average Bonchev–Trinajstić information content (AvgIpc) is 2.16. The molecule has 0 amide bonds. The zero-order chi connectivity index (χ0) is 16.2. The Hall–Kier alpha value is -0.420. The molecule has 0 rings (SSSR count). The van der Waals surface area contributed by atoms with Crippen molar-refractivity contribution >= 4 is 13.8 Å². The quantitative estimate of drug-likeness (QED) is 0.445. The third-order valence-electron chi connectivity index (χ3n) is 2.73. The Bertz CT molecular complexity index is 360. The predicted octanol–water partition coefficient (Wildman–Crippen LogP) is 2.74. The molecular weight excluding hydrogens is 283 g/mol. The van der Waals surface area contributed by atoms with Crippen molar-refractivity contribution in [1.29, 1.82) is 0 Å². The predicted molar refractivity (Wildman–Crippen MR) is 76.0 cm³/mol. The fourth-order valence-corrected chi connectivity index (χ4v) is 2.07. The molecule has 0 fully saturated rings. The van der Waals surface area contributed by atoms with E-state index in [0.29, 0.717) is 6.42 Å². The second-order valence-corrected chi connectivity index (χ2v) is 8.41. The highest BCUT2D eigenvalue weighted by Crippen LogP contribution is 2.37. The van der Waals surface area contributed by atoms with Gasteiger partial charge in [-0.25, -0.2) is 4.57 Å². The summed E-state index contributed by atoms with van der Waals surface area (Å²) in [6, 6.07) is 0. The maximum absolute atomic E-state index is 12.1. The molecule has 1 unspecified atom stereocenters. The lowest BCUT2D eigenvalue weighted by Crippen LogP contribution is -2.34.